The van der Waals surface area contributed by atoms with Gasteiger partial charge >= 0.3 is 6.18 Å². The molecule has 0 fully saturated rings. The molecule has 2 rings (SSSR count). The van der Waals surface area contributed by atoms with E-state index < -0.39 is 34.6 Å². The highest BCUT2D eigenvalue weighted by Gasteiger charge is 2.36. The van der Waals surface area contributed by atoms with Crippen molar-refractivity contribution in [1.82, 2.24) is 0 Å². The number of nitrogens with one attached hydrogen (secondary N) is 1. The molecule has 142 valence electrons. The molecule has 0 aliphatic carbocycles. The zero-order chi connectivity index (χ0) is 20.2. The first-order valence-corrected chi connectivity index (χ1v) is 8.55. The summed E-state index contributed by atoms with van der Waals surface area (Å²) in [6, 6.07) is 9.75. The molecule has 1 unspecified atom stereocenters. The molecule has 1 atom stereocenters. The summed E-state index contributed by atoms with van der Waals surface area (Å²) in [5, 5.41) is 21.6. The molecule has 2 N–H and O–H groups in total. The molecule has 0 saturated carbocycles. The lowest BCUT2D eigenvalue weighted by Gasteiger charge is -2.22. The van der Waals surface area contributed by atoms with Crippen LogP contribution in [0.5, 0.6) is 0 Å². The van der Waals surface area contributed by atoms with E-state index in [1.54, 1.807) is 0 Å². The summed E-state index contributed by atoms with van der Waals surface area (Å²) in [6.45, 7) is 1.19. The molecule has 2 aromatic carbocycles. The van der Waals surface area contributed by atoms with Gasteiger partial charge in [-0.25, -0.2) is 4.39 Å². The second kappa shape index (κ2) is 7.98. The Balaban J connectivity index is 2.16. The Morgan fingerprint density at radius 2 is 1.85 bits per heavy atom. The number of amides is 1. The maximum Gasteiger partial charge on any atom is 0.417 e. The number of hydrogen-bond donors (Lipinski definition) is 2. The summed E-state index contributed by atoms with van der Waals surface area (Å²) < 4.78 is 51.8. The van der Waals surface area contributed by atoms with Crippen LogP contribution >= 0.6 is 11.8 Å². The Bertz CT molecular complexity index is 874. The lowest BCUT2D eigenvalue weighted by molar-refractivity contribution is -0.137. The van der Waals surface area contributed by atoms with E-state index in [9.17, 15) is 27.5 Å². The minimum atomic E-state index is -4.76. The van der Waals surface area contributed by atoms with Crippen LogP contribution in [-0.2, 0) is 11.0 Å². The monoisotopic (exact) mass is 398 g/mol. The number of nitrogens with zero attached hydrogens (tertiary/aromatic N) is 1. The number of rotatable bonds is 5. The highest BCUT2D eigenvalue weighted by atomic mass is 32.2. The van der Waals surface area contributed by atoms with Gasteiger partial charge in [-0.05, 0) is 43.3 Å². The Morgan fingerprint density at radius 1 is 1.22 bits per heavy atom. The summed E-state index contributed by atoms with van der Waals surface area (Å²) in [5.74, 6) is -1.53. The van der Waals surface area contributed by atoms with Gasteiger partial charge in [0.2, 0.25) is 0 Å². The van der Waals surface area contributed by atoms with E-state index in [-0.39, 0.29) is 11.4 Å². The van der Waals surface area contributed by atoms with Crippen LogP contribution in [0.4, 0.5) is 23.2 Å². The predicted octanol–water partition coefficient (Wildman–Crippen LogP) is 4.20. The number of anilines is 1. The average molecular weight is 398 g/mol. The Morgan fingerprint density at radius 3 is 2.41 bits per heavy atom. The number of carbonyl (C=O) groups is 1. The van der Waals surface area contributed by atoms with Crippen molar-refractivity contribution < 1.29 is 27.5 Å². The lowest BCUT2D eigenvalue weighted by Crippen LogP contribution is -2.42. The molecule has 0 aliphatic heterocycles. The van der Waals surface area contributed by atoms with Gasteiger partial charge in [-0.15, -0.1) is 11.8 Å². The van der Waals surface area contributed by atoms with Gasteiger partial charge in [0.05, 0.1) is 16.8 Å². The normalized spacial score (nSPS) is 13.5. The SMILES string of the molecule is CC(O)(CSc1ccc(F)cc1)C(=O)Nc1cccc(C(F)(F)F)c1C#N. The summed E-state index contributed by atoms with van der Waals surface area (Å²) >= 11 is 1.07. The van der Waals surface area contributed by atoms with Gasteiger partial charge in [0.25, 0.3) is 5.91 Å². The van der Waals surface area contributed by atoms with Crippen LogP contribution in [0.15, 0.2) is 47.4 Å². The molecular weight excluding hydrogens is 384 g/mol. The fraction of sp³-hybridized carbons (Fsp3) is 0.222. The van der Waals surface area contributed by atoms with E-state index in [4.69, 9.17) is 5.26 Å². The predicted molar refractivity (Wildman–Crippen MR) is 92.5 cm³/mol. The number of aliphatic hydroxyl groups is 1. The first-order valence-electron chi connectivity index (χ1n) is 7.57. The number of hydrogen-bond acceptors (Lipinski definition) is 4. The van der Waals surface area contributed by atoms with Crippen molar-refractivity contribution in [1.29, 1.82) is 5.26 Å². The molecule has 27 heavy (non-hydrogen) atoms. The number of thioether (sulfide) groups is 1. The number of carbonyl (C=O) groups excluding carboxylic acids is 1. The quantitative estimate of drug-likeness (QED) is 0.585. The summed E-state index contributed by atoms with van der Waals surface area (Å²) in [4.78, 5) is 12.9. The zero-order valence-corrected chi connectivity index (χ0v) is 14.8. The third-order valence-electron chi connectivity index (χ3n) is 3.55. The van der Waals surface area contributed by atoms with Crippen LogP contribution in [0.2, 0.25) is 0 Å². The van der Waals surface area contributed by atoms with E-state index in [1.807, 2.05) is 0 Å². The lowest BCUT2D eigenvalue weighted by atomic mass is 10.0. The molecule has 1 amide bonds. The summed E-state index contributed by atoms with van der Waals surface area (Å²) in [5.41, 5.74) is -4.20. The third-order valence-corrected chi connectivity index (χ3v) is 4.86. The van der Waals surface area contributed by atoms with Crippen LogP contribution in [0.3, 0.4) is 0 Å². The highest BCUT2D eigenvalue weighted by Crippen LogP contribution is 2.35. The molecule has 9 heteroatoms. The maximum atomic E-state index is 13.0. The van der Waals surface area contributed by atoms with Gasteiger partial charge in [-0.3, -0.25) is 4.79 Å². The Kier molecular flexibility index (Phi) is 6.13. The van der Waals surface area contributed by atoms with E-state index in [1.165, 1.54) is 37.3 Å². The standard InChI is InChI=1S/C18H14F4N2O2S/c1-17(26,10-27-12-7-5-11(19)6-8-12)16(25)24-15-4-2-3-14(13(15)9-23)18(20,21)22/h2-8,26H,10H2,1H3,(H,24,25). The molecule has 0 aliphatic rings. The summed E-state index contributed by atoms with van der Waals surface area (Å²) in [7, 11) is 0. The molecule has 0 radical (unpaired) electrons. The molecule has 0 saturated heterocycles. The van der Waals surface area contributed by atoms with Crippen LogP contribution in [-0.4, -0.2) is 22.4 Å². The van der Waals surface area contributed by atoms with Crippen molar-refractivity contribution in [2.45, 2.75) is 23.6 Å². The van der Waals surface area contributed by atoms with Crippen LogP contribution in [0, 0.1) is 17.1 Å². The maximum absolute atomic E-state index is 13.0. The first kappa shape index (κ1) is 20.7. The Labute approximate surface area is 156 Å². The average Bonchev–Trinajstić information content (AvgIpc) is 2.60. The number of benzene rings is 2. The highest BCUT2D eigenvalue weighted by molar-refractivity contribution is 7.99. The molecule has 2 aromatic rings. The van der Waals surface area contributed by atoms with E-state index >= 15 is 0 Å². The van der Waals surface area contributed by atoms with Crippen molar-refractivity contribution in [3.63, 3.8) is 0 Å². The number of halogens is 4. The molecule has 0 heterocycles. The largest absolute Gasteiger partial charge is 0.417 e. The minimum absolute atomic E-state index is 0.134. The van der Waals surface area contributed by atoms with Gasteiger partial charge < -0.3 is 10.4 Å². The van der Waals surface area contributed by atoms with Gasteiger partial charge in [-0.1, -0.05) is 6.07 Å². The van der Waals surface area contributed by atoms with Crippen molar-refractivity contribution in [3.8, 4) is 6.07 Å². The first-order chi connectivity index (χ1) is 12.5. The van der Waals surface area contributed by atoms with Crippen LogP contribution < -0.4 is 5.32 Å². The molecule has 4 nitrogen and oxygen atoms in total. The van der Waals surface area contributed by atoms with Crippen molar-refractivity contribution in [3.05, 3.63) is 59.4 Å². The van der Waals surface area contributed by atoms with E-state index in [0.29, 0.717) is 4.90 Å². The van der Waals surface area contributed by atoms with E-state index in [0.717, 1.165) is 30.0 Å². The number of nitriles is 1. The fourth-order valence-corrected chi connectivity index (χ4v) is 3.00. The van der Waals surface area contributed by atoms with Gasteiger partial charge in [0, 0.05) is 10.6 Å². The van der Waals surface area contributed by atoms with E-state index in [2.05, 4.69) is 5.32 Å². The van der Waals surface area contributed by atoms with Gasteiger partial charge in [0.15, 0.2) is 0 Å². The zero-order valence-electron chi connectivity index (χ0n) is 14.0. The topological polar surface area (TPSA) is 73.1 Å². The molecule has 0 bridgehead atoms. The van der Waals surface area contributed by atoms with Crippen molar-refractivity contribution in [2.24, 2.45) is 0 Å². The minimum Gasteiger partial charge on any atom is -0.379 e. The Hall–Kier alpha value is -2.57. The smallest absolute Gasteiger partial charge is 0.379 e. The molecule has 0 aromatic heterocycles. The second-order valence-electron chi connectivity index (χ2n) is 5.81. The molecular formula is C18H14F4N2O2S. The summed E-state index contributed by atoms with van der Waals surface area (Å²) in [6.07, 6.45) is -4.76. The second-order valence-corrected chi connectivity index (χ2v) is 6.86. The van der Waals surface area contributed by atoms with Gasteiger partial charge in [0.1, 0.15) is 17.5 Å². The van der Waals surface area contributed by atoms with Gasteiger partial charge in [-0.2, -0.15) is 18.4 Å². The van der Waals surface area contributed by atoms with Crippen molar-refractivity contribution >= 4 is 23.4 Å². The van der Waals surface area contributed by atoms with Crippen LogP contribution in [0.25, 0.3) is 0 Å². The molecule has 0 spiro atoms. The number of alkyl halides is 3. The van der Waals surface area contributed by atoms with Crippen molar-refractivity contribution in [2.75, 3.05) is 11.1 Å². The fourth-order valence-electron chi connectivity index (χ4n) is 2.09. The third kappa shape index (κ3) is 5.21. The van der Waals surface area contributed by atoms with Crippen LogP contribution in [0.1, 0.15) is 18.1 Å².